The van der Waals surface area contributed by atoms with Crippen molar-refractivity contribution in [1.29, 1.82) is 0 Å². The fraction of sp³-hybridized carbons (Fsp3) is 0.243. The van der Waals surface area contributed by atoms with Crippen LogP contribution in [0.1, 0.15) is 29.7 Å². The van der Waals surface area contributed by atoms with Gasteiger partial charge in [-0.25, -0.2) is 9.79 Å². The monoisotopic (exact) mass is 696 g/mol. The van der Waals surface area contributed by atoms with Gasteiger partial charge in [0.25, 0.3) is 5.56 Å². The number of hydrogen-bond acceptors (Lipinski definition) is 8. The Balaban J connectivity index is 1.43. The second-order valence-corrected chi connectivity index (χ2v) is 13.0. The van der Waals surface area contributed by atoms with Crippen molar-refractivity contribution in [1.82, 2.24) is 14.0 Å². The number of benzene rings is 3. The maximum absolute atomic E-state index is 14.5. The maximum atomic E-state index is 14.5. The van der Waals surface area contributed by atoms with Gasteiger partial charge < -0.3 is 23.7 Å². The molecule has 1 atom stereocenters. The van der Waals surface area contributed by atoms with E-state index in [0.717, 1.165) is 16.5 Å². The topological polar surface area (TPSA) is 104 Å². The number of carbonyl (C=O) groups is 2. The fourth-order valence-electron chi connectivity index (χ4n) is 6.37. The number of esters is 1. The molecule has 2 aliphatic heterocycles. The number of methoxy groups -OCH3 is 1. The zero-order valence-corrected chi connectivity index (χ0v) is 28.5. The van der Waals surface area contributed by atoms with Gasteiger partial charge in [0.1, 0.15) is 18.3 Å². The SMILES string of the molecule is CCOC(=O)C1=C(c2ccccc2)N=c2s/c(=C\c3cn(CC(=O)N4CCOCC4)c4ccccc34)c(=O)n2[C@@H]1c1cc(Cl)ccc1OC. The van der Waals surface area contributed by atoms with Gasteiger partial charge >= 0.3 is 5.97 Å². The van der Waals surface area contributed by atoms with Crippen molar-refractivity contribution in [2.24, 2.45) is 4.99 Å². The summed E-state index contributed by atoms with van der Waals surface area (Å²) in [5.41, 5.74) is 3.13. The van der Waals surface area contributed by atoms with Crippen molar-refractivity contribution in [3.8, 4) is 5.75 Å². The van der Waals surface area contributed by atoms with Gasteiger partial charge in [-0.05, 0) is 37.3 Å². The number of thiazole rings is 1. The molecule has 0 radical (unpaired) electrons. The van der Waals surface area contributed by atoms with Gasteiger partial charge in [-0.3, -0.25) is 14.2 Å². The number of nitrogens with zero attached hydrogens (tertiary/aromatic N) is 4. The number of fused-ring (bicyclic) bond motifs is 2. The lowest BCUT2D eigenvalue weighted by Crippen LogP contribution is -2.42. The molecule has 1 fully saturated rings. The van der Waals surface area contributed by atoms with Crippen LogP contribution in [0, 0.1) is 0 Å². The molecular formula is C37H33ClN4O6S. The van der Waals surface area contributed by atoms with Gasteiger partial charge in [-0.2, -0.15) is 0 Å². The second-order valence-electron chi connectivity index (χ2n) is 11.5. The summed E-state index contributed by atoms with van der Waals surface area (Å²) in [4.78, 5) is 48.7. The number of morpholine rings is 1. The molecule has 10 nitrogen and oxygen atoms in total. The quantitative estimate of drug-likeness (QED) is 0.223. The van der Waals surface area contributed by atoms with Crippen molar-refractivity contribution in [2.45, 2.75) is 19.5 Å². The normalized spacial score (nSPS) is 16.4. The highest BCUT2D eigenvalue weighted by atomic mass is 35.5. The number of para-hydroxylation sites is 1. The molecule has 2 aromatic heterocycles. The van der Waals surface area contributed by atoms with E-state index in [9.17, 15) is 14.4 Å². The number of halogens is 1. The maximum Gasteiger partial charge on any atom is 0.338 e. The average Bonchev–Trinajstić information content (AvgIpc) is 3.63. The number of rotatable bonds is 8. The minimum absolute atomic E-state index is 0.00498. The fourth-order valence-corrected chi connectivity index (χ4v) is 7.55. The number of amides is 1. The third kappa shape index (κ3) is 6.21. The summed E-state index contributed by atoms with van der Waals surface area (Å²) in [6.45, 7) is 4.19. The molecule has 0 aliphatic carbocycles. The van der Waals surface area contributed by atoms with Crippen LogP contribution in [-0.2, 0) is 25.6 Å². The molecule has 1 amide bonds. The van der Waals surface area contributed by atoms with Crippen molar-refractivity contribution >= 4 is 57.5 Å². The van der Waals surface area contributed by atoms with E-state index in [0.29, 0.717) is 63.2 Å². The molecule has 3 aromatic carbocycles. The van der Waals surface area contributed by atoms with Crippen LogP contribution in [0.25, 0.3) is 22.7 Å². The molecule has 0 unspecified atom stereocenters. The van der Waals surface area contributed by atoms with Crippen molar-refractivity contribution in [2.75, 3.05) is 40.0 Å². The highest BCUT2D eigenvalue weighted by Gasteiger charge is 2.37. The molecule has 4 heterocycles. The highest BCUT2D eigenvalue weighted by molar-refractivity contribution is 7.07. The summed E-state index contributed by atoms with van der Waals surface area (Å²) in [6, 6.07) is 21.3. The van der Waals surface area contributed by atoms with E-state index in [4.69, 9.17) is 30.8 Å². The summed E-state index contributed by atoms with van der Waals surface area (Å²) in [7, 11) is 1.53. The Labute approximate surface area is 290 Å². The molecule has 250 valence electrons. The van der Waals surface area contributed by atoms with Gasteiger partial charge in [0.2, 0.25) is 5.91 Å². The minimum atomic E-state index is -0.950. The molecule has 0 spiro atoms. The molecule has 0 N–H and O–H groups in total. The predicted octanol–water partition coefficient (Wildman–Crippen LogP) is 4.41. The second kappa shape index (κ2) is 13.9. The lowest BCUT2D eigenvalue weighted by molar-refractivity contribution is -0.139. The lowest BCUT2D eigenvalue weighted by Gasteiger charge is -2.27. The van der Waals surface area contributed by atoms with Crippen LogP contribution in [0.3, 0.4) is 0 Å². The lowest BCUT2D eigenvalue weighted by atomic mass is 9.92. The van der Waals surface area contributed by atoms with Crippen molar-refractivity contribution in [3.05, 3.63) is 126 Å². The summed E-state index contributed by atoms with van der Waals surface area (Å²) in [6.07, 6.45) is 3.72. The smallest absolute Gasteiger partial charge is 0.338 e. The largest absolute Gasteiger partial charge is 0.496 e. The van der Waals surface area contributed by atoms with Gasteiger partial charge in [-0.1, -0.05) is 71.5 Å². The van der Waals surface area contributed by atoms with E-state index in [1.54, 1.807) is 25.1 Å². The molecule has 5 aromatic rings. The van der Waals surface area contributed by atoms with Crippen LogP contribution in [0.15, 0.2) is 94.4 Å². The first kappa shape index (κ1) is 32.6. The Bertz CT molecular complexity index is 2280. The summed E-state index contributed by atoms with van der Waals surface area (Å²) in [5.74, 6) is -0.141. The van der Waals surface area contributed by atoms with Crippen molar-refractivity contribution in [3.63, 3.8) is 0 Å². The molecule has 7 rings (SSSR count). The standard InChI is InChI=1S/C37H33ClN4O6S/c1-3-48-36(45)32-33(23-9-5-4-6-10-23)39-37-42(34(32)27-20-25(38)13-14-29(27)46-2)35(44)30(49-37)19-24-21-41(28-12-8-7-11-26(24)28)22-31(43)40-15-17-47-18-16-40/h4-14,19-21,34H,3,15-18,22H2,1-2H3/b30-19-/t34-/m1/s1. The van der Waals surface area contributed by atoms with E-state index in [1.165, 1.54) is 23.0 Å². The third-order valence-corrected chi connectivity index (χ3v) is 9.85. The van der Waals surface area contributed by atoms with Crippen LogP contribution in [-0.4, -0.2) is 65.9 Å². The first-order valence-electron chi connectivity index (χ1n) is 15.9. The Kier molecular flexibility index (Phi) is 9.22. The van der Waals surface area contributed by atoms with Gasteiger partial charge in [-0.15, -0.1) is 0 Å². The first-order valence-corrected chi connectivity index (χ1v) is 17.1. The van der Waals surface area contributed by atoms with Crippen LogP contribution in [0.5, 0.6) is 5.75 Å². The molecule has 0 bridgehead atoms. The van der Waals surface area contributed by atoms with Crippen molar-refractivity contribution < 1.29 is 23.8 Å². The minimum Gasteiger partial charge on any atom is -0.496 e. The summed E-state index contributed by atoms with van der Waals surface area (Å²) in [5, 5.41) is 1.31. The molecule has 0 saturated carbocycles. The molecule has 2 aliphatic rings. The summed E-state index contributed by atoms with van der Waals surface area (Å²) < 4.78 is 20.6. The van der Waals surface area contributed by atoms with Crippen LogP contribution < -0.4 is 19.6 Å². The van der Waals surface area contributed by atoms with E-state index in [-0.39, 0.29) is 30.2 Å². The Hall–Kier alpha value is -4.97. The molecule has 1 saturated heterocycles. The van der Waals surface area contributed by atoms with Crippen LogP contribution in [0.4, 0.5) is 0 Å². The Morgan fingerprint density at radius 1 is 1.06 bits per heavy atom. The highest BCUT2D eigenvalue weighted by Crippen LogP contribution is 2.39. The third-order valence-electron chi connectivity index (χ3n) is 8.64. The number of hydrogen-bond donors (Lipinski definition) is 0. The Morgan fingerprint density at radius 3 is 2.57 bits per heavy atom. The van der Waals surface area contributed by atoms with E-state index in [2.05, 4.69) is 0 Å². The number of aromatic nitrogens is 2. The van der Waals surface area contributed by atoms with Crippen LogP contribution in [0.2, 0.25) is 5.02 Å². The van der Waals surface area contributed by atoms with Gasteiger partial charge in [0, 0.05) is 51.9 Å². The van der Waals surface area contributed by atoms with Crippen LogP contribution >= 0.6 is 22.9 Å². The van der Waals surface area contributed by atoms with Gasteiger partial charge in [0.15, 0.2) is 4.80 Å². The average molecular weight is 697 g/mol. The summed E-state index contributed by atoms with van der Waals surface area (Å²) >= 11 is 7.74. The predicted molar refractivity (Wildman–Crippen MR) is 188 cm³/mol. The zero-order chi connectivity index (χ0) is 34.1. The molecule has 12 heteroatoms. The molecule has 49 heavy (non-hydrogen) atoms. The van der Waals surface area contributed by atoms with E-state index < -0.39 is 12.0 Å². The molecular weight excluding hydrogens is 664 g/mol. The van der Waals surface area contributed by atoms with E-state index >= 15 is 0 Å². The van der Waals surface area contributed by atoms with E-state index in [1.807, 2.05) is 76.3 Å². The zero-order valence-electron chi connectivity index (χ0n) is 26.9. The number of carbonyl (C=O) groups excluding carboxylic acids is 2. The number of ether oxygens (including phenoxy) is 3. The Morgan fingerprint density at radius 2 is 1.82 bits per heavy atom. The van der Waals surface area contributed by atoms with Gasteiger partial charge in [0.05, 0.1) is 42.7 Å². The first-order chi connectivity index (χ1) is 23.9.